The third kappa shape index (κ3) is 7.98. The number of nitrogens with zero attached hydrogens (tertiary/aromatic N) is 4. The van der Waals surface area contributed by atoms with Crippen LogP contribution in [-0.2, 0) is 0 Å². The molecular formula is C23H41IN6. The van der Waals surface area contributed by atoms with Crippen LogP contribution in [0.5, 0.6) is 0 Å². The van der Waals surface area contributed by atoms with Gasteiger partial charge in [-0.25, -0.2) is 0 Å². The Morgan fingerprint density at radius 3 is 2.23 bits per heavy atom. The van der Waals surface area contributed by atoms with Crippen LogP contribution in [0.3, 0.4) is 0 Å². The zero-order chi connectivity index (χ0) is 20.3. The van der Waals surface area contributed by atoms with Crippen LogP contribution in [0.25, 0.3) is 0 Å². The van der Waals surface area contributed by atoms with Gasteiger partial charge in [-0.15, -0.1) is 24.0 Å². The highest BCUT2D eigenvalue weighted by Gasteiger charge is 2.23. The monoisotopic (exact) mass is 528 g/mol. The molecule has 0 bridgehead atoms. The fraction of sp³-hybridized carbons (Fsp3) is 0.696. The first-order valence-electron chi connectivity index (χ1n) is 11.6. The average Bonchev–Trinajstić information content (AvgIpc) is 3.30. The number of piperazine rings is 1. The van der Waals surface area contributed by atoms with Gasteiger partial charge in [0.1, 0.15) is 0 Å². The van der Waals surface area contributed by atoms with Gasteiger partial charge in [-0.2, -0.15) is 0 Å². The van der Waals surface area contributed by atoms with Gasteiger partial charge in [0.15, 0.2) is 5.96 Å². The number of hydrogen-bond donors (Lipinski definition) is 2. The normalized spacial score (nSPS) is 20.0. The highest BCUT2D eigenvalue weighted by molar-refractivity contribution is 14.0. The Hall–Kier alpha value is -0.900. The number of hydrogen-bond acceptors (Lipinski definition) is 4. The molecule has 0 amide bonds. The molecule has 7 heteroatoms. The molecule has 0 aromatic heterocycles. The van der Waals surface area contributed by atoms with Crippen LogP contribution >= 0.6 is 24.0 Å². The lowest BCUT2D eigenvalue weighted by Crippen LogP contribution is -2.49. The van der Waals surface area contributed by atoms with Crippen molar-refractivity contribution >= 4 is 29.9 Å². The zero-order valence-electron chi connectivity index (χ0n) is 18.9. The van der Waals surface area contributed by atoms with Crippen molar-refractivity contribution in [3.63, 3.8) is 0 Å². The molecule has 0 spiro atoms. The number of rotatable bonds is 9. The van der Waals surface area contributed by atoms with Gasteiger partial charge in [0.2, 0.25) is 0 Å². The number of nitrogens with one attached hydrogen (secondary N) is 2. The molecule has 0 aliphatic carbocycles. The minimum Gasteiger partial charge on any atom is -0.357 e. The van der Waals surface area contributed by atoms with Gasteiger partial charge >= 0.3 is 0 Å². The standard InChI is InChI=1S/C23H40N6.HI/c1-3-24-23(25-12-15-28-18-16-27(4-2)17-19-28)26-20-22(29-13-8-9-14-29)21-10-6-5-7-11-21;/h5-7,10-11,22H,3-4,8-9,12-20H2,1-2H3,(H2,24,25,26);1H. The van der Waals surface area contributed by atoms with Crippen molar-refractivity contribution in [3.05, 3.63) is 35.9 Å². The minimum absolute atomic E-state index is 0. The van der Waals surface area contributed by atoms with Crippen LogP contribution in [0.2, 0.25) is 0 Å². The van der Waals surface area contributed by atoms with Gasteiger partial charge in [0.05, 0.1) is 12.6 Å². The zero-order valence-corrected chi connectivity index (χ0v) is 21.2. The molecule has 30 heavy (non-hydrogen) atoms. The van der Waals surface area contributed by atoms with Crippen molar-refractivity contribution in [2.75, 3.05) is 72.0 Å². The van der Waals surface area contributed by atoms with E-state index in [4.69, 9.17) is 4.99 Å². The van der Waals surface area contributed by atoms with E-state index < -0.39 is 0 Å². The summed E-state index contributed by atoms with van der Waals surface area (Å²) in [5, 5.41) is 6.98. The van der Waals surface area contributed by atoms with Crippen molar-refractivity contribution in [2.45, 2.75) is 32.7 Å². The van der Waals surface area contributed by atoms with Gasteiger partial charge in [-0.05, 0) is 45.0 Å². The molecule has 3 rings (SSSR count). The van der Waals surface area contributed by atoms with E-state index in [9.17, 15) is 0 Å². The molecular weight excluding hydrogens is 487 g/mol. The third-order valence-electron chi connectivity index (χ3n) is 6.16. The smallest absolute Gasteiger partial charge is 0.191 e. The molecule has 2 aliphatic heterocycles. The number of halogens is 1. The summed E-state index contributed by atoms with van der Waals surface area (Å²) < 4.78 is 0. The summed E-state index contributed by atoms with van der Waals surface area (Å²) in [7, 11) is 0. The van der Waals surface area contributed by atoms with Crippen molar-refractivity contribution < 1.29 is 0 Å². The molecule has 1 aromatic carbocycles. The number of likely N-dealkylation sites (N-methyl/N-ethyl adjacent to an activating group) is 1. The molecule has 2 heterocycles. The highest BCUT2D eigenvalue weighted by atomic mass is 127. The Kier molecular flexibility index (Phi) is 12.0. The maximum Gasteiger partial charge on any atom is 0.191 e. The molecule has 2 N–H and O–H groups in total. The largest absolute Gasteiger partial charge is 0.357 e. The lowest BCUT2D eigenvalue weighted by Gasteiger charge is -2.34. The Labute approximate surface area is 200 Å². The van der Waals surface area contributed by atoms with Crippen LogP contribution in [0, 0.1) is 0 Å². The summed E-state index contributed by atoms with van der Waals surface area (Å²) in [6.07, 6.45) is 2.60. The predicted octanol–water partition coefficient (Wildman–Crippen LogP) is 2.63. The van der Waals surface area contributed by atoms with Gasteiger partial charge < -0.3 is 15.5 Å². The fourth-order valence-corrected chi connectivity index (χ4v) is 4.34. The van der Waals surface area contributed by atoms with Crippen molar-refractivity contribution in [1.82, 2.24) is 25.3 Å². The summed E-state index contributed by atoms with van der Waals surface area (Å²) in [4.78, 5) is 12.6. The SMILES string of the molecule is CCNC(=NCC(c1ccccc1)N1CCCC1)NCCN1CCN(CC)CC1.I. The molecule has 1 unspecified atom stereocenters. The van der Waals surface area contributed by atoms with Gasteiger partial charge in [-0.1, -0.05) is 37.3 Å². The first-order chi connectivity index (χ1) is 14.3. The summed E-state index contributed by atoms with van der Waals surface area (Å²) in [6, 6.07) is 11.2. The van der Waals surface area contributed by atoms with E-state index in [-0.39, 0.29) is 24.0 Å². The number of benzene rings is 1. The van der Waals surface area contributed by atoms with Crippen LogP contribution in [0.1, 0.15) is 38.3 Å². The molecule has 1 atom stereocenters. The Morgan fingerprint density at radius 2 is 1.60 bits per heavy atom. The van der Waals surface area contributed by atoms with E-state index in [1.54, 1.807) is 0 Å². The topological polar surface area (TPSA) is 46.1 Å². The van der Waals surface area contributed by atoms with Gasteiger partial charge in [0, 0.05) is 45.8 Å². The van der Waals surface area contributed by atoms with Crippen LogP contribution in [-0.4, -0.2) is 92.7 Å². The Morgan fingerprint density at radius 1 is 0.933 bits per heavy atom. The Balaban J connectivity index is 0.00000320. The highest BCUT2D eigenvalue weighted by Crippen LogP contribution is 2.25. The summed E-state index contributed by atoms with van der Waals surface area (Å²) >= 11 is 0. The summed E-state index contributed by atoms with van der Waals surface area (Å²) in [5.41, 5.74) is 1.38. The van der Waals surface area contributed by atoms with E-state index in [1.165, 1.54) is 64.2 Å². The van der Waals surface area contributed by atoms with Gasteiger partial charge in [0.25, 0.3) is 0 Å². The minimum atomic E-state index is 0. The second-order valence-electron chi connectivity index (χ2n) is 8.09. The fourth-order valence-electron chi connectivity index (χ4n) is 4.34. The molecule has 0 radical (unpaired) electrons. The average molecular weight is 529 g/mol. The lowest BCUT2D eigenvalue weighted by atomic mass is 10.1. The predicted molar refractivity (Wildman–Crippen MR) is 138 cm³/mol. The van der Waals surface area contributed by atoms with E-state index >= 15 is 0 Å². The van der Waals surface area contributed by atoms with Crippen molar-refractivity contribution in [1.29, 1.82) is 0 Å². The number of guanidine groups is 1. The van der Waals surface area contributed by atoms with Crippen molar-refractivity contribution in [2.24, 2.45) is 4.99 Å². The van der Waals surface area contributed by atoms with Crippen molar-refractivity contribution in [3.8, 4) is 0 Å². The van der Waals surface area contributed by atoms with Gasteiger partial charge in [-0.3, -0.25) is 14.8 Å². The maximum atomic E-state index is 4.97. The molecule has 2 aliphatic rings. The molecule has 6 nitrogen and oxygen atoms in total. The summed E-state index contributed by atoms with van der Waals surface area (Å²) in [5.74, 6) is 0.944. The van der Waals surface area contributed by atoms with E-state index in [2.05, 4.69) is 69.5 Å². The Bertz CT molecular complexity index is 597. The lowest BCUT2D eigenvalue weighted by molar-refractivity contribution is 0.139. The number of aliphatic imine (C=N–C) groups is 1. The molecule has 170 valence electrons. The molecule has 1 aromatic rings. The quantitative estimate of drug-likeness (QED) is 0.293. The maximum absolute atomic E-state index is 4.97. The second-order valence-corrected chi connectivity index (χ2v) is 8.09. The van der Waals surface area contributed by atoms with E-state index in [0.29, 0.717) is 6.04 Å². The third-order valence-corrected chi connectivity index (χ3v) is 6.16. The van der Waals surface area contributed by atoms with Crippen LogP contribution in [0.4, 0.5) is 0 Å². The summed E-state index contributed by atoms with van der Waals surface area (Å²) in [6.45, 7) is 16.4. The van der Waals surface area contributed by atoms with E-state index in [0.717, 1.165) is 32.1 Å². The number of likely N-dealkylation sites (tertiary alicyclic amines) is 1. The first kappa shape index (κ1) is 25.4. The van der Waals surface area contributed by atoms with E-state index in [1.807, 2.05) is 0 Å². The molecule has 2 saturated heterocycles. The van der Waals surface area contributed by atoms with Crippen LogP contribution in [0.15, 0.2) is 35.3 Å². The molecule has 2 fully saturated rings. The second kappa shape index (κ2) is 14.2. The molecule has 0 saturated carbocycles. The van der Waals surface area contributed by atoms with Crippen LogP contribution < -0.4 is 10.6 Å². The first-order valence-corrected chi connectivity index (χ1v) is 11.6.